The van der Waals surface area contributed by atoms with E-state index in [2.05, 4.69) is 31.9 Å². The highest BCUT2D eigenvalue weighted by Gasteiger charge is 2.23. The maximum absolute atomic E-state index is 12.6. The van der Waals surface area contributed by atoms with Crippen LogP contribution in [0.15, 0.2) is 68.6 Å². The molecule has 0 amide bonds. The van der Waals surface area contributed by atoms with Gasteiger partial charge in [-0.2, -0.15) is 0 Å². The Morgan fingerprint density at radius 2 is 1.14 bits per heavy atom. The maximum Gasteiger partial charge on any atom is 0.185 e. The summed E-state index contributed by atoms with van der Waals surface area (Å²) in [6, 6.07) is 15.9. The second-order valence-corrected chi connectivity index (χ2v) is 6.92. The molecule has 1 saturated carbocycles. The Morgan fingerprint density at radius 1 is 0.727 bits per heavy atom. The zero-order valence-electron chi connectivity index (χ0n) is 11.9. The van der Waals surface area contributed by atoms with Crippen LogP contribution in [0, 0.1) is 0 Å². The predicted octanol–water partition coefficient (Wildman–Crippen LogP) is 6.04. The van der Waals surface area contributed by atoms with Crippen LogP contribution in [0.4, 0.5) is 0 Å². The van der Waals surface area contributed by atoms with Gasteiger partial charge in [0.15, 0.2) is 5.78 Å². The molecule has 3 rings (SSSR count). The van der Waals surface area contributed by atoms with E-state index in [4.69, 9.17) is 0 Å². The highest BCUT2D eigenvalue weighted by Crippen LogP contribution is 2.32. The van der Waals surface area contributed by atoms with Gasteiger partial charge in [-0.05, 0) is 48.3 Å². The first-order valence-electron chi connectivity index (χ1n) is 7.10. The Bertz CT molecular complexity index is 722. The molecular weight excluding hydrogens is 404 g/mol. The lowest BCUT2D eigenvalue weighted by Gasteiger charge is -2.01. The van der Waals surface area contributed by atoms with E-state index in [1.54, 1.807) is 0 Å². The molecule has 0 unspecified atom stereocenters. The summed E-state index contributed by atoms with van der Waals surface area (Å²) in [4.78, 5) is 12.6. The first kappa shape index (κ1) is 15.4. The summed E-state index contributed by atoms with van der Waals surface area (Å²) >= 11 is 7.05. The molecule has 2 aromatic carbocycles. The molecule has 0 aliphatic heterocycles. The molecule has 3 heteroatoms. The number of rotatable bonds is 2. The van der Waals surface area contributed by atoms with Crippen molar-refractivity contribution in [1.82, 2.24) is 0 Å². The Morgan fingerprint density at radius 3 is 1.55 bits per heavy atom. The molecule has 22 heavy (non-hydrogen) atoms. The first-order valence-corrected chi connectivity index (χ1v) is 8.68. The van der Waals surface area contributed by atoms with Gasteiger partial charge in [0, 0.05) is 20.1 Å². The van der Waals surface area contributed by atoms with Gasteiger partial charge in [0.2, 0.25) is 0 Å². The Balaban J connectivity index is 1.90. The molecule has 2 aromatic rings. The van der Waals surface area contributed by atoms with E-state index >= 15 is 0 Å². The number of benzene rings is 2. The number of halogens is 2. The van der Waals surface area contributed by atoms with Crippen LogP contribution in [0.3, 0.4) is 0 Å². The molecule has 0 atom stereocenters. The van der Waals surface area contributed by atoms with E-state index < -0.39 is 0 Å². The first-order chi connectivity index (χ1) is 10.6. The van der Waals surface area contributed by atoms with Crippen LogP contribution >= 0.6 is 31.9 Å². The number of allylic oxidation sites excluding steroid dienone is 2. The van der Waals surface area contributed by atoms with E-state index in [1.807, 2.05) is 60.7 Å². The average Bonchev–Trinajstić information content (AvgIpc) is 2.85. The van der Waals surface area contributed by atoms with E-state index in [9.17, 15) is 4.79 Å². The highest BCUT2D eigenvalue weighted by atomic mass is 79.9. The van der Waals surface area contributed by atoms with Crippen molar-refractivity contribution in [2.24, 2.45) is 0 Å². The third kappa shape index (κ3) is 3.31. The number of carbonyl (C=O) groups excluding carboxylic acids is 1. The molecule has 1 aliphatic carbocycles. The second-order valence-electron chi connectivity index (χ2n) is 5.21. The SMILES string of the molecule is O=C1C(=Cc2ccccc2Br)CCC1=Cc1ccccc1Br. The van der Waals surface area contributed by atoms with Crippen molar-refractivity contribution in [1.29, 1.82) is 0 Å². The van der Waals surface area contributed by atoms with E-state index in [0.717, 1.165) is 44.1 Å². The van der Waals surface area contributed by atoms with E-state index in [-0.39, 0.29) is 5.78 Å². The van der Waals surface area contributed by atoms with Crippen LogP contribution in [0.25, 0.3) is 12.2 Å². The molecule has 110 valence electrons. The zero-order valence-corrected chi connectivity index (χ0v) is 15.0. The summed E-state index contributed by atoms with van der Waals surface area (Å²) in [6.45, 7) is 0. The van der Waals surface area contributed by atoms with Crippen molar-refractivity contribution >= 4 is 49.8 Å². The number of hydrogen-bond acceptors (Lipinski definition) is 1. The quantitative estimate of drug-likeness (QED) is 0.544. The zero-order chi connectivity index (χ0) is 15.5. The van der Waals surface area contributed by atoms with Crippen LogP contribution in [0.2, 0.25) is 0 Å². The molecule has 1 aliphatic rings. The van der Waals surface area contributed by atoms with Gasteiger partial charge in [0.1, 0.15) is 0 Å². The Kier molecular flexibility index (Phi) is 4.74. The van der Waals surface area contributed by atoms with Gasteiger partial charge in [-0.25, -0.2) is 0 Å². The lowest BCUT2D eigenvalue weighted by molar-refractivity contribution is -0.111. The minimum Gasteiger partial charge on any atom is -0.289 e. The molecule has 1 fully saturated rings. The van der Waals surface area contributed by atoms with E-state index in [0.29, 0.717) is 0 Å². The molecule has 0 saturated heterocycles. The fraction of sp³-hybridized carbons (Fsp3) is 0.105. The number of carbonyl (C=O) groups is 1. The summed E-state index contributed by atoms with van der Waals surface area (Å²) in [5, 5.41) is 0. The van der Waals surface area contributed by atoms with Gasteiger partial charge in [-0.1, -0.05) is 68.3 Å². The normalized spacial score (nSPS) is 18.4. The highest BCUT2D eigenvalue weighted by molar-refractivity contribution is 9.10. The van der Waals surface area contributed by atoms with Crippen molar-refractivity contribution in [2.75, 3.05) is 0 Å². The smallest absolute Gasteiger partial charge is 0.185 e. The molecule has 0 spiro atoms. The van der Waals surface area contributed by atoms with Gasteiger partial charge in [-0.3, -0.25) is 4.79 Å². The Labute approximate surface area is 147 Å². The summed E-state index contributed by atoms with van der Waals surface area (Å²) in [6.07, 6.45) is 5.59. The fourth-order valence-corrected chi connectivity index (χ4v) is 3.34. The number of Topliss-reactive ketones (excluding diaryl/α,β-unsaturated/α-hetero) is 1. The molecule has 0 aromatic heterocycles. The average molecular weight is 418 g/mol. The number of hydrogen-bond donors (Lipinski definition) is 0. The van der Waals surface area contributed by atoms with Crippen LogP contribution < -0.4 is 0 Å². The summed E-state index contributed by atoms with van der Waals surface area (Å²) in [7, 11) is 0. The molecule has 0 bridgehead atoms. The van der Waals surface area contributed by atoms with Gasteiger partial charge in [0.25, 0.3) is 0 Å². The summed E-state index contributed by atoms with van der Waals surface area (Å²) in [5.41, 5.74) is 3.86. The second kappa shape index (κ2) is 6.76. The minimum atomic E-state index is 0.159. The third-order valence-corrected chi connectivity index (χ3v) is 5.16. The Hall–Kier alpha value is -1.45. The van der Waals surface area contributed by atoms with Crippen molar-refractivity contribution < 1.29 is 4.79 Å². The lowest BCUT2D eigenvalue weighted by Crippen LogP contribution is -1.96. The van der Waals surface area contributed by atoms with Crippen molar-refractivity contribution in [3.05, 3.63) is 79.7 Å². The monoisotopic (exact) mass is 416 g/mol. The van der Waals surface area contributed by atoms with Gasteiger partial charge in [-0.15, -0.1) is 0 Å². The standard InChI is InChI=1S/C19H14Br2O/c20-17-7-3-1-5-13(17)11-15-9-10-16(19(15)22)12-14-6-2-4-8-18(14)21/h1-8,11-12H,9-10H2. The van der Waals surface area contributed by atoms with Gasteiger partial charge in [0.05, 0.1) is 0 Å². The fourth-order valence-electron chi connectivity index (χ4n) is 2.54. The van der Waals surface area contributed by atoms with Crippen molar-refractivity contribution in [3.63, 3.8) is 0 Å². The third-order valence-electron chi connectivity index (χ3n) is 3.72. The van der Waals surface area contributed by atoms with Crippen molar-refractivity contribution in [2.45, 2.75) is 12.8 Å². The molecule has 1 nitrogen and oxygen atoms in total. The summed E-state index contributed by atoms with van der Waals surface area (Å²) in [5.74, 6) is 0.159. The van der Waals surface area contributed by atoms with Gasteiger partial charge >= 0.3 is 0 Å². The molecule has 0 heterocycles. The van der Waals surface area contributed by atoms with Crippen LogP contribution in [-0.4, -0.2) is 5.78 Å². The largest absolute Gasteiger partial charge is 0.289 e. The topological polar surface area (TPSA) is 17.1 Å². The summed E-state index contributed by atoms with van der Waals surface area (Å²) < 4.78 is 2.03. The van der Waals surface area contributed by atoms with Crippen LogP contribution in [0.5, 0.6) is 0 Å². The predicted molar refractivity (Wildman–Crippen MR) is 98.5 cm³/mol. The lowest BCUT2D eigenvalue weighted by atomic mass is 10.1. The maximum atomic E-state index is 12.6. The van der Waals surface area contributed by atoms with Gasteiger partial charge < -0.3 is 0 Å². The molecule has 0 radical (unpaired) electrons. The number of ketones is 1. The van der Waals surface area contributed by atoms with Crippen molar-refractivity contribution in [3.8, 4) is 0 Å². The minimum absolute atomic E-state index is 0.159. The molecule has 0 N–H and O–H groups in total. The van der Waals surface area contributed by atoms with Crippen LogP contribution in [0.1, 0.15) is 24.0 Å². The molecular formula is C19H14Br2O. The van der Waals surface area contributed by atoms with E-state index in [1.165, 1.54) is 0 Å². The van der Waals surface area contributed by atoms with Crippen LogP contribution in [-0.2, 0) is 4.79 Å².